The minimum Gasteiger partial charge on any atom is -0.382 e. The van der Waals surface area contributed by atoms with E-state index in [0.717, 1.165) is 6.33 Å². The van der Waals surface area contributed by atoms with E-state index in [-0.39, 0.29) is 87.6 Å². The average molecular weight is 1470 g/mol. The molecule has 0 aliphatic carbocycles. The standard InChI is InChI=1S/C44H77N6O35P7/c1-24-11-30(81-87(55,56)68-9-6-8-46-28(5)51)36(75-24)19-72-90(61,62)83-32-13-26(3)77-38(32)21-74-92(65,66)84-33-14-27(4)78-39(33)20-73-91(63,64)82-31-12-25(2)76-37(31)18-71-88(57,58)80-29-7-10-67-35(29)16-70-89(59,60)85-34-15-41(79-40(34)17-69-86(52,53)54)50-23-49-42-43(45)47-22-48-44(42)50/h22-27,29-41H,6-21H2,1-5H3,(H,46,51)(H,55,56)(H,57,58)(H,59,60)(H,61,62)(H,63,64)(H,65,66)(H2,45,47,48)(H2,52,53,54). The topological polar surface area (TPSA) is 555 Å². The number of nitrogens with two attached hydrogens (primary N) is 1. The van der Waals surface area contributed by atoms with Crippen molar-refractivity contribution in [2.75, 3.05) is 65.1 Å². The Labute approximate surface area is 525 Å². The van der Waals surface area contributed by atoms with Crippen LogP contribution in [0, 0.1) is 0 Å². The largest absolute Gasteiger partial charge is 0.472 e. The fourth-order valence-corrected chi connectivity index (χ4v) is 16.7. The molecule has 48 heteroatoms. The number of carbonyl (C=O) groups is 1. The summed E-state index contributed by atoms with van der Waals surface area (Å²) in [4.78, 5) is 106. The first-order chi connectivity index (χ1) is 42.9. The highest BCUT2D eigenvalue weighted by molar-refractivity contribution is 7.49. The van der Waals surface area contributed by atoms with Gasteiger partial charge in [0.25, 0.3) is 0 Å². The van der Waals surface area contributed by atoms with Crippen LogP contribution < -0.4 is 11.1 Å². The molecule has 0 radical (unpaired) electrons. The van der Waals surface area contributed by atoms with E-state index in [4.69, 9.17) is 88.4 Å². The van der Waals surface area contributed by atoms with Gasteiger partial charge in [-0.3, -0.25) is 68.2 Å². The number of phosphoric ester groups is 7. The number of hydrogen-bond donors (Lipinski definition) is 10. The van der Waals surface area contributed by atoms with Gasteiger partial charge >= 0.3 is 54.8 Å². The van der Waals surface area contributed by atoms with Crippen molar-refractivity contribution in [1.29, 1.82) is 0 Å². The zero-order valence-electron chi connectivity index (χ0n) is 49.9. The lowest BCUT2D eigenvalue weighted by Gasteiger charge is -2.26. The van der Waals surface area contributed by atoms with E-state index in [1.54, 1.807) is 27.7 Å². The number of anilines is 1. The highest BCUT2D eigenvalue weighted by Gasteiger charge is 2.49. The predicted molar refractivity (Wildman–Crippen MR) is 304 cm³/mol. The third kappa shape index (κ3) is 23.2. The molecule has 23 unspecified atom stereocenters. The van der Waals surface area contributed by atoms with Crippen molar-refractivity contribution >= 4 is 77.6 Å². The second-order valence-electron chi connectivity index (χ2n) is 22.1. The van der Waals surface area contributed by atoms with Gasteiger partial charge in [0.15, 0.2) is 11.5 Å². The van der Waals surface area contributed by atoms with Crippen LogP contribution in [-0.4, -0.2) is 222 Å². The Kier molecular flexibility index (Phi) is 26.6. The van der Waals surface area contributed by atoms with Gasteiger partial charge in [-0.1, -0.05) is 0 Å². The van der Waals surface area contributed by atoms with Crippen LogP contribution in [0.1, 0.15) is 85.8 Å². The van der Waals surface area contributed by atoms with Crippen LogP contribution in [0.25, 0.3) is 11.2 Å². The molecular formula is C44H77N6O35P7. The Hall–Kier alpha value is -1.65. The zero-order valence-corrected chi connectivity index (χ0v) is 56.1. The summed E-state index contributed by atoms with van der Waals surface area (Å²) >= 11 is 0. The first-order valence-corrected chi connectivity index (χ1v) is 39.1. The second kappa shape index (κ2) is 32.1. The Morgan fingerprint density at radius 2 is 0.891 bits per heavy atom. The third-order valence-corrected chi connectivity index (χ3v) is 21.1. The third-order valence-electron chi connectivity index (χ3n) is 14.5. The van der Waals surface area contributed by atoms with E-state index in [1.165, 1.54) is 17.8 Å². The smallest absolute Gasteiger partial charge is 0.382 e. The van der Waals surface area contributed by atoms with Gasteiger partial charge in [0.1, 0.15) is 91.3 Å². The van der Waals surface area contributed by atoms with Crippen molar-refractivity contribution in [2.45, 2.75) is 183 Å². The number of fused-ring (bicyclic) bond motifs is 1. The Morgan fingerprint density at radius 1 is 0.522 bits per heavy atom. The maximum atomic E-state index is 13.4. The molecule has 0 spiro atoms. The highest BCUT2D eigenvalue weighted by atomic mass is 31.2. The second-order valence-corrected chi connectivity index (χ2v) is 31.8. The molecule has 0 aromatic carbocycles. The number of hydrogen-bond acceptors (Lipinski definition) is 31. The maximum Gasteiger partial charge on any atom is 0.472 e. The lowest BCUT2D eigenvalue weighted by molar-refractivity contribution is -0.119. The molecule has 0 saturated carbocycles. The number of aromatic nitrogens is 4. The molecule has 41 nitrogen and oxygen atoms in total. The number of nitrogen functional groups attached to an aromatic ring is 1. The summed E-state index contributed by atoms with van der Waals surface area (Å²) in [7, 11) is -35.0. The molecule has 8 rings (SSSR count). The number of phosphoric acid groups is 7. The van der Waals surface area contributed by atoms with Crippen LogP contribution in [0.4, 0.5) is 5.82 Å². The van der Waals surface area contributed by atoms with Crippen molar-refractivity contribution in [3.63, 3.8) is 0 Å². The monoisotopic (exact) mass is 1470 g/mol. The molecule has 6 aliphatic heterocycles. The number of imidazole rings is 1. The van der Waals surface area contributed by atoms with Gasteiger partial charge in [-0.2, -0.15) is 0 Å². The van der Waals surface area contributed by atoms with Crippen LogP contribution in [0.2, 0.25) is 0 Å². The molecular weight excluding hydrogens is 1390 g/mol. The van der Waals surface area contributed by atoms with Crippen molar-refractivity contribution < 1.29 is 163 Å². The SMILES string of the molecule is CC(=O)NCCCOP(=O)(O)OC1CC(C)OC1COP(=O)(O)OC1CC(C)OC1COP(=O)(O)OC1CC(C)OC1COP(=O)(O)OC1CC(C)OC1COP(=O)(O)OC1CCOC1COP(=O)(O)OC1CC(n2cnc3c(N)ncnc32)OC1COP(=O)(O)O. The summed E-state index contributed by atoms with van der Waals surface area (Å²) in [6.07, 6.45) is -16.3. The van der Waals surface area contributed by atoms with E-state index in [1.807, 2.05) is 0 Å². The summed E-state index contributed by atoms with van der Waals surface area (Å²) in [6, 6.07) is 0. The van der Waals surface area contributed by atoms with E-state index in [2.05, 4.69) is 24.8 Å². The van der Waals surface area contributed by atoms with Crippen LogP contribution in [0.15, 0.2) is 12.7 Å². The molecule has 6 saturated heterocycles. The molecule has 528 valence electrons. The van der Waals surface area contributed by atoms with E-state index >= 15 is 0 Å². The quantitative estimate of drug-likeness (QED) is 0.0346. The Morgan fingerprint density at radius 3 is 1.30 bits per heavy atom. The summed E-state index contributed by atoms with van der Waals surface area (Å²) in [5, 5.41) is 2.51. The fraction of sp³-hybridized carbons (Fsp3) is 0.864. The fourth-order valence-electron chi connectivity index (χ4n) is 10.6. The molecule has 6 fully saturated rings. The zero-order chi connectivity index (χ0) is 67.2. The Bertz CT molecular complexity index is 3150. The van der Waals surface area contributed by atoms with Crippen molar-refractivity contribution in [2.24, 2.45) is 0 Å². The van der Waals surface area contributed by atoms with Crippen molar-refractivity contribution in [1.82, 2.24) is 24.8 Å². The van der Waals surface area contributed by atoms with Gasteiger partial charge in [-0.05, 0) is 34.1 Å². The molecule has 0 bridgehead atoms. The van der Waals surface area contributed by atoms with Gasteiger partial charge in [-0.15, -0.1) is 0 Å². The number of nitrogens with zero attached hydrogens (tertiary/aromatic N) is 4. The van der Waals surface area contributed by atoms with Gasteiger partial charge in [0.05, 0.1) is 77.0 Å². The van der Waals surface area contributed by atoms with E-state index < -0.39 is 198 Å². The van der Waals surface area contributed by atoms with Gasteiger partial charge in [-0.25, -0.2) is 46.9 Å². The van der Waals surface area contributed by atoms with Gasteiger partial charge in [0, 0.05) is 58.6 Å². The molecule has 11 N–H and O–H groups in total. The molecule has 6 aliphatic rings. The van der Waals surface area contributed by atoms with Gasteiger partial charge in [0.2, 0.25) is 5.91 Å². The first kappa shape index (κ1) is 76.1. The summed E-state index contributed by atoms with van der Waals surface area (Å²) in [5.74, 6) is -0.257. The minimum absolute atomic E-state index is 0.00978. The number of carbonyl (C=O) groups excluding carboxylic acids is 1. The maximum absolute atomic E-state index is 13.4. The summed E-state index contributed by atoms with van der Waals surface area (Å²) < 4.78 is 195. The van der Waals surface area contributed by atoms with Crippen molar-refractivity contribution in [3.8, 4) is 0 Å². The van der Waals surface area contributed by atoms with E-state index in [0.29, 0.717) is 0 Å². The van der Waals surface area contributed by atoms with Crippen LogP contribution in [0.3, 0.4) is 0 Å². The summed E-state index contributed by atoms with van der Waals surface area (Å²) in [6.45, 7) is 3.09. The lowest BCUT2D eigenvalue weighted by atomic mass is 10.1. The molecule has 8 heterocycles. The molecule has 2 aromatic heterocycles. The minimum atomic E-state index is -5.11. The van der Waals surface area contributed by atoms with Gasteiger partial charge < -0.3 is 78.6 Å². The number of nitrogens with one attached hydrogen (secondary N) is 1. The molecule has 23 atom stereocenters. The normalized spacial score (nSPS) is 35.1. The number of ether oxygens (including phenoxy) is 6. The van der Waals surface area contributed by atoms with E-state index in [9.17, 15) is 75.9 Å². The molecule has 1 amide bonds. The molecule has 2 aromatic rings. The van der Waals surface area contributed by atoms with Crippen LogP contribution in [-0.2, 0) is 124 Å². The predicted octanol–water partition coefficient (Wildman–Crippen LogP) is 2.84. The Balaban J connectivity index is 0.765. The number of rotatable bonds is 36. The van der Waals surface area contributed by atoms with Crippen LogP contribution >= 0.6 is 54.8 Å². The molecule has 92 heavy (non-hydrogen) atoms. The lowest BCUT2D eigenvalue weighted by Crippen LogP contribution is -2.32. The summed E-state index contributed by atoms with van der Waals surface area (Å²) in [5.41, 5.74) is 6.28. The average Bonchev–Trinajstić information content (AvgIpc) is 1.88. The van der Waals surface area contributed by atoms with Crippen LogP contribution in [0.5, 0.6) is 0 Å². The first-order valence-electron chi connectivity index (χ1n) is 28.6. The van der Waals surface area contributed by atoms with Crippen molar-refractivity contribution in [3.05, 3.63) is 12.7 Å². The number of amides is 1. The highest BCUT2D eigenvalue weighted by Crippen LogP contribution is 2.55.